The summed E-state index contributed by atoms with van der Waals surface area (Å²) in [7, 11) is 0. The topological polar surface area (TPSA) is 95.9 Å². The summed E-state index contributed by atoms with van der Waals surface area (Å²) in [5.74, 6) is -0.516. The molecule has 0 rings (SSSR count). The molecule has 0 spiro atoms. The summed E-state index contributed by atoms with van der Waals surface area (Å²) in [6.45, 7) is 6.32. The highest BCUT2D eigenvalue weighted by Gasteiger charge is 2.24. The van der Waals surface area contributed by atoms with E-state index < -0.39 is 18.2 Å². The fourth-order valence-electron chi connectivity index (χ4n) is 7.38. The zero-order chi connectivity index (χ0) is 43.1. The maximum absolute atomic E-state index is 13.2. The summed E-state index contributed by atoms with van der Waals surface area (Å²) in [5, 5.41) is 23.7. The van der Waals surface area contributed by atoms with E-state index in [9.17, 15) is 19.8 Å². The molecule has 6 nitrogen and oxygen atoms in total. The summed E-state index contributed by atoms with van der Waals surface area (Å²) in [6.07, 6.45) is 57.1. The molecule has 0 radical (unpaired) electrons. The summed E-state index contributed by atoms with van der Waals surface area (Å²) < 4.78 is 5.91. The Hall–Kier alpha value is -2.44. The summed E-state index contributed by atoms with van der Waals surface area (Å²) in [5.41, 5.74) is 0. The minimum Gasteiger partial charge on any atom is -0.462 e. The number of aliphatic hydroxyl groups excluding tert-OH is 2. The molecule has 0 saturated heterocycles. The van der Waals surface area contributed by atoms with Gasteiger partial charge in [-0.1, -0.05) is 216 Å². The maximum atomic E-state index is 13.2. The van der Waals surface area contributed by atoms with E-state index in [1.807, 2.05) is 18.2 Å². The van der Waals surface area contributed by atoms with E-state index in [-0.39, 0.29) is 24.9 Å². The van der Waals surface area contributed by atoms with Crippen molar-refractivity contribution in [3.05, 3.63) is 60.8 Å². The Morgan fingerprint density at radius 1 is 0.508 bits per heavy atom. The van der Waals surface area contributed by atoms with E-state index in [0.717, 1.165) is 96.3 Å². The number of rotatable bonds is 44. The first-order chi connectivity index (χ1) is 29.0. The van der Waals surface area contributed by atoms with Crippen LogP contribution in [0.4, 0.5) is 0 Å². The van der Waals surface area contributed by atoms with E-state index in [1.165, 1.54) is 96.3 Å². The monoisotopic (exact) mass is 826 g/mol. The minimum absolute atomic E-state index is 0.0561. The highest BCUT2D eigenvalue weighted by molar-refractivity contribution is 5.77. The third-order valence-electron chi connectivity index (χ3n) is 11.2. The number of esters is 1. The van der Waals surface area contributed by atoms with Crippen LogP contribution < -0.4 is 5.32 Å². The number of amides is 1. The van der Waals surface area contributed by atoms with Crippen molar-refractivity contribution in [2.75, 3.05) is 6.61 Å². The molecule has 6 heteroatoms. The van der Waals surface area contributed by atoms with Gasteiger partial charge in [0.1, 0.15) is 6.10 Å². The Morgan fingerprint density at radius 2 is 0.932 bits per heavy atom. The first-order valence-corrected chi connectivity index (χ1v) is 25.1. The zero-order valence-corrected chi connectivity index (χ0v) is 38.9. The molecule has 0 bridgehead atoms. The van der Waals surface area contributed by atoms with Crippen LogP contribution >= 0.6 is 0 Å². The molecule has 0 fully saturated rings. The molecular weight excluding hydrogens is 731 g/mol. The Kier molecular flexibility index (Phi) is 44.7. The standard InChI is InChI=1S/C53H95NO5/c1-4-7-10-13-16-19-21-23-25-27-28-30-33-35-38-41-44-49(47-52(57)54-50(48-55)51(56)45-42-39-36-32-18-15-12-9-6-3)59-53(58)46-43-40-37-34-31-29-26-24-22-20-17-14-11-8-5-2/h8,11,14,17,20,22,24,26,28,30,49-51,55-56H,4-7,9-10,12-13,15-16,18-19,21,23,25,27,29,31-48H2,1-3H3,(H,54,57)/b11-8+,17-14+,22-20+,26-24-,30-28+. The van der Waals surface area contributed by atoms with Crippen LogP contribution in [-0.4, -0.2) is 46.9 Å². The predicted molar refractivity (Wildman–Crippen MR) is 255 cm³/mol. The minimum atomic E-state index is -0.795. The van der Waals surface area contributed by atoms with Gasteiger partial charge in [0.05, 0.1) is 25.2 Å². The van der Waals surface area contributed by atoms with Crippen molar-refractivity contribution >= 4 is 11.9 Å². The van der Waals surface area contributed by atoms with Crippen molar-refractivity contribution in [3.63, 3.8) is 0 Å². The molecule has 0 aromatic rings. The third kappa shape index (κ3) is 42.1. The van der Waals surface area contributed by atoms with Crippen molar-refractivity contribution in [1.82, 2.24) is 5.32 Å². The lowest BCUT2D eigenvalue weighted by Gasteiger charge is -2.24. The number of nitrogens with one attached hydrogen (secondary N) is 1. The quantitative estimate of drug-likeness (QED) is 0.0246. The average Bonchev–Trinajstić information content (AvgIpc) is 3.23. The largest absolute Gasteiger partial charge is 0.462 e. The van der Waals surface area contributed by atoms with E-state index >= 15 is 0 Å². The SMILES string of the molecule is CC/C=C/C=C/C=C/C=C\CCCCCCCC(=O)OC(CCCCC/C=C/CCCCCCCCCCC)CC(=O)NC(CO)C(O)CCCCCCCCCCC. The number of ether oxygens (including phenoxy) is 1. The molecule has 59 heavy (non-hydrogen) atoms. The van der Waals surface area contributed by atoms with Gasteiger partial charge in [0.25, 0.3) is 0 Å². The fourth-order valence-corrected chi connectivity index (χ4v) is 7.38. The van der Waals surface area contributed by atoms with E-state index in [1.54, 1.807) is 0 Å². The van der Waals surface area contributed by atoms with E-state index in [2.05, 4.69) is 68.6 Å². The molecule has 0 aliphatic rings. The van der Waals surface area contributed by atoms with E-state index in [4.69, 9.17) is 4.74 Å². The van der Waals surface area contributed by atoms with Gasteiger partial charge in [-0.25, -0.2) is 0 Å². The molecular formula is C53H95NO5. The number of carbonyl (C=O) groups is 2. The first kappa shape index (κ1) is 56.6. The normalized spacial score (nSPS) is 13.8. The smallest absolute Gasteiger partial charge is 0.306 e. The number of carbonyl (C=O) groups excluding carboxylic acids is 2. The molecule has 0 aromatic heterocycles. The van der Waals surface area contributed by atoms with Crippen LogP contribution in [0.5, 0.6) is 0 Å². The Balaban J connectivity index is 4.65. The van der Waals surface area contributed by atoms with Gasteiger partial charge >= 0.3 is 5.97 Å². The molecule has 0 aliphatic carbocycles. The zero-order valence-electron chi connectivity index (χ0n) is 38.9. The summed E-state index contributed by atoms with van der Waals surface area (Å²) in [6, 6.07) is -0.711. The molecule has 0 aliphatic heterocycles. The molecule has 1 amide bonds. The molecule has 3 unspecified atom stereocenters. The van der Waals surface area contributed by atoms with Crippen LogP contribution in [0.3, 0.4) is 0 Å². The Bertz CT molecular complexity index is 1060. The molecule has 0 heterocycles. The lowest BCUT2D eigenvalue weighted by molar-refractivity contribution is -0.151. The number of hydrogen-bond donors (Lipinski definition) is 3. The van der Waals surface area contributed by atoms with Crippen LogP contribution in [0, 0.1) is 0 Å². The lowest BCUT2D eigenvalue weighted by atomic mass is 10.0. The summed E-state index contributed by atoms with van der Waals surface area (Å²) >= 11 is 0. The van der Waals surface area contributed by atoms with Gasteiger partial charge in [-0.15, -0.1) is 0 Å². The molecule has 0 aromatic carbocycles. The van der Waals surface area contributed by atoms with Gasteiger partial charge < -0.3 is 20.3 Å². The second-order valence-electron chi connectivity index (χ2n) is 16.9. The molecule has 3 N–H and O–H groups in total. The van der Waals surface area contributed by atoms with Crippen molar-refractivity contribution in [2.24, 2.45) is 0 Å². The molecule has 342 valence electrons. The van der Waals surface area contributed by atoms with Gasteiger partial charge in [0.2, 0.25) is 5.91 Å². The molecule has 3 atom stereocenters. The van der Waals surface area contributed by atoms with Gasteiger partial charge in [-0.05, 0) is 70.6 Å². The molecule has 0 saturated carbocycles. The van der Waals surface area contributed by atoms with Gasteiger partial charge in [-0.2, -0.15) is 0 Å². The van der Waals surface area contributed by atoms with Crippen LogP contribution in [0.2, 0.25) is 0 Å². The van der Waals surface area contributed by atoms with E-state index in [0.29, 0.717) is 19.3 Å². The predicted octanol–water partition coefficient (Wildman–Crippen LogP) is 14.8. The fraction of sp³-hybridized carbons (Fsp3) is 0.774. The summed E-state index contributed by atoms with van der Waals surface area (Å²) in [4.78, 5) is 26.1. The average molecular weight is 826 g/mol. The van der Waals surface area contributed by atoms with Crippen LogP contribution in [0.25, 0.3) is 0 Å². The van der Waals surface area contributed by atoms with Crippen LogP contribution in [0.15, 0.2) is 60.8 Å². The van der Waals surface area contributed by atoms with Gasteiger partial charge in [0.15, 0.2) is 0 Å². The Morgan fingerprint density at radius 3 is 1.46 bits per heavy atom. The van der Waals surface area contributed by atoms with Gasteiger partial charge in [0, 0.05) is 6.42 Å². The second kappa shape index (κ2) is 46.6. The number of hydrogen-bond acceptors (Lipinski definition) is 5. The maximum Gasteiger partial charge on any atom is 0.306 e. The first-order valence-electron chi connectivity index (χ1n) is 25.1. The number of aliphatic hydroxyl groups is 2. The number of unbranched alkanes of at least 4 members (excludes halogenated alkanes) is 25. The van der Waals surface area contributed by atoms with Crippen molar-refractivity contribution in [3.8, 4) is 0 Å². The third-order valence-corrected chi connectivity index (χ3v) is 11.2. The lowest BCUT2D eigenvalue weighted by Crippen LogP contribution is -2.46. The highest BCUT2D eigenvalue weighted by atomic mass is 16.5. The van der Waals surface area contributed by atoms with Gasteiger partial charge in [-0.3, -0.25) is 9.59 Å². The van der Waals surface area contributed by atoms with Crippen molar-refractivity contribution < 1.29 is 24.5 Å². The highest BCUT2D eigenvalue weighted by Crippen LogP contribution is 2.17. The Labute approximate surface area is 365 Å². The van der Waals surface area contributed by atoms with Crippen molar-refractivity contribution in [1.29, 1.82) is 0 Å². The van der Waals surface area contributed by atoms with Crippen molar-refractivity contribution in [2.45, 2.75) is 257 Å². The van der Waals surface area contributed by atoms with Crippen LogP contribution in [0.1, 0.15) is 239 Å². The number of allylic oxidation sites excluding steroid dienone is 10. The second-order valence-corrected chi connectivity index (χ2v) is 16.9. The van der Waals surface area contributed by atoms with Crippen LogP contribution in [-0.2, 0) is 14.3 Å².